The van der Waals surface area contributed by atoms with Gasteiger partial charge in [0, 0.05) is 22.3 Å². The summed E-state index contributed by atoms with van der Waals surface area (Å²) in [4.78, 5) is 13.5. The molecule has 0 bridgehead atoms. The van der Waals surface area contributed by atoms with Crippen molar-refractivity contribution in [2.45, 2.75) is 0 Å². The van der Waals surface area contributed by atoms with Gasteiger partial charge >= 0.3 is 0 Å². The fraction of sp³-hybridized carbons (Fsp3) is 0.364. The second kappa shape index (κ2) is 6.82. The lowest BCUT2D eigenvalue weighted by molar-refractivity contribution is -0.117. The summed E-state index contributed by atoms with van der Waals surface area (Å²) in [5, 5.41) is 2.85. The second-order valence-electron chi connectivity index (χ2n) is 3.58. The molecular formula is C11H16IN3O. The van der Waals surface area contributed by atoms with Crippen LogP contribution < -0.4 is 11.1 Å². The minimum Gasteiger partial charge on any atom is -0.329 e. The van der Waals surface area contributed by atoms with Gasteiger partial charge in [-0.3, -0.25) is 9.69 Å². The first-order valence-corrected chi connectivity index (χ1v) is 6.13. The summed E-state index contributed by atoms with van der Waals surface area (Å²) >= 11 is 2.21. The molecule has 0 radical (unpaired) electrons. The fourth-order valence-electron chi connectivity index (χ4n) is 1.31. The van der Waals surface area contributed by atoms with Crippen LogP contribution in [0.5, 0.6) is 0 Å². The second-order valence-corrected chi connectivity index (χ2v) is 4.83. The lowest BCUT2D eigenvalue weighted by atomic mass is 10.3. The van der Waals surface area contributed by atoms with Crippen molar-refractivity contribution in [1.82, 2.24) is 4.90 Å². The molecule has 0 fully saturated rings. The highest BCUT2D eigenvalue weighted by molar-refractivity contribution is 14.1. The number of hydrogen-bond acceptors (Lipinski definition) is 3. The van der Waals surface area contributed by atoms with E-state index in [0.29, 0.717) is 13.1 Å². The van der Waals surface area contributed by atoms with Gasteiger partial charge < -0.3 is 11.1 Å². The number of carbonyl (C=O) groups excluding carboxylic acids is 1. The highest BCUT2D eigenvalue weighted by Gasteiger charge is 2.05. The van der Waals surface area contributed by atoms with Crippen molar-refractivity contribution in [1.29, 1.82) is 0 Å². The zero-order chi connectivity index (χ0) is 12.0. The van der Waals surface area contributed by atoms with Crippen molar-refractivity contribution < 1.29 is 4.79 Å². The zero-order valence-electron chi connectivity index (χ0n) is 9.24. The summed E-state index contributed by atoms with van der Waals surface area (Å²) < 4.78 is 1.10. The maximum absolute atomic E-state index is 11.6. The molecule has 1 aromatic carbocycles. The Labute approximate surface area is 109 Å². The van der Waals surface area contributed by atoms with Crippen LogP contribution in [0.2, 0.25) is 0 Å². The van der Waals surface area contributed by atoms with Gasteiger partial charge in [0.25, 0.3) is 0 Å². The zero-order valence-corrected chi connectivity index (χ0v) is 11.4. The smallest absolute Gasteiger partial charge is 0.238 e. The van der Waals surface area contributed by atoms with E-state index in [0.717, 1.165) is 15.8 Å². The molecular weight excluding hydrogens is 317 g/mol. The van der Waals surface area contributed by atoms with Crippen LogP contribution in [0.25, 0.3) is 0 Å². The van der Waals surface area contributed by atoms with Crippen LogP contribution in [0.3, 0.4) is 0 Å². The molecule has 0 saturated heterocycles. The standard InChI is InChI=1S/C11H16IN3O/c1-15(6-5-13)8-11(16)14-10-4-2-3-9(12)7-10/h2-4,7H,5-6,8,13H2,1H3,(H,14,16). The number of nitrogens with one attached hydrogen (secondary N) is 1. The SMILES string of the molecule is CN(CCN)CC(=O)Nc1cccc(I)c1. The Morgan fingerprint density at radius 2 is 2.31 bits per heavy atom. The molecule has 88 valence electrons. The van der Waals surface area contributed by atoms with Crippen LogP contribution in [0.4, 0.5) is 5.69 Å². The molecule has 0 aliphatic rings. The number of halogens is 1. The van der Waals surface area contributed by atoms with E-state index in [4.69, 9.17) is 5.73 Å². The molecule has 1 amide bonds. The Morgan fingerprint density at radius 3 is 2.94 bits per heavy atom. The number of benzene rings is 1. The number of carbonyl (C=O) groups is 1. The monoisotopic (exact) mass is 333 g/mol. The minimum absolute atomic E-state index is 0.0158. The predicted molar refractivity (Wildman–Crippen MR) is 74.3 cm³/mol. The molecule has 0 unspecified atom stereocenters. The summed E-state index contributed by atoms with van der Waals surface area (Å²) in [5.74, 6) is -0.0158. The number of nitrogens with zero attached hydrogens (tertiary/aromatic N) is 1. The molecule has 0 atom stereocenters. The third-order valence-electron chi connectivity index (χ3n) is 2.03. The van der Waals surface area contributed by atoms with E-state index < -0.39 is 0 Å². The normalized spacial score (nSPS) is 10.5. The Balaban J connectivity index is 2.45. The molecule has 16 heavy (non-hydrogen) atoms. The largest absolute Gasteiger partial charge is 0.329 e. The number of rotatable bonds is 5. The average Bonchev–Trinajstić information content (AvgIpc) is 2.17. The molecule has 0 spiro atoms. The van der Waals surface area contributed by atoms with Gasteiger partial charge in [0.1, 0.15) is 0 Å². The van der Waals surface area contributed by atoms with Gasteiger partial charge in [0.05, 0.1) is 6.54 Å². The van der Waals surface area contributed by atoms with Gasteiger partial charge in [0.15, 0.2) is 0 Å². The van der Waals surface area contributed by atoms with Crippen LogP contribution in [0.1, 0.15) is 0 Å². The van der Waals surface area contributed by atoms with Crippen LogP contribution in [-0.2, 0) is 4.79 Å². The summed E-state index contributed by atoms with van der Waals surface area (Å²) in [7, 11) is 1.88. The van der Waals surface area contributed by atoms with E-state index >= 15 is 0 Å². The van der Waals surface area contributed by atoms with E-state index in [2.05, 4.69) is 27.9 Å². The maximum atomic E-state index is 11.6. The summed E-state index contributed by atoms with van der Waals surface area (Å²) in [6.07, 6.45) is 0. The van der Waals surface area contributed by atoms with Gasteiger partial charge in [-0.1, -0.05) is 6.07 Å². The summed E-state index contributed by atoms with van der Waals surface area (Å²) in [6.45, 7) is 1.65. The first-order chi connectivity index (χ1) is 7.61. The maximum Gasteiger partial charge on any atom is 0.238 e. The molecule has 0 saturated carbocycles. The van der Waals surface area contributed by atoms with Gasteiger partial charge in [-0.15, -0.1) is 0 Å². The van der Waals surface area contributed by atoms with Crippen molar-refractivity contribution in [3.8, 4) is 0 Å². The number of hydrogen-bond donors (Lipinski definition) is 2. The molecule has 5 heteroatoms. The molecule has 1 aromatic rings. The summed E-state index contributed by atoms with van der Waals surface area (Å²) in [6, 6.07) is 7.71. The van der Waals surface area contributed by atoms with Gasteiger partial charge in [-0.25, -0.2) is 0 Å². The number of anilines is 1. The Morgan fingerprint density at radius 1 is 1.56 bits per heavy atom. The lowest BCUT2D eigenvalue weighted by Crippen LogP contribution is -2.33. The van der Waals surface area contributed by atoms with Crippen molar-refractivity contribution >= 4 is 34.2 Å². The third-order valence-corrected chi connectivity index (χ3v) is 2.70. The highest BCUT2D eigenvalue weighted by Crippen LogP contribution is 2.12. The van der Waals surface area contributed by atoms with Crippen molar-refractivity contribution in [2.24, 2.45) is 5.73 Å². The fourth-order valence-corrected chi connectivity index (χ4v) is 1.85. The predicted octanol–water partition coefficient (Wildman–Crippen LogP) is 1.12. The van der Waals surface area contributed by atoms with Crippen molar-refractivity contribution in [2.75, 3.05) is 32.0 Å². The summed E-state index contributed by atoms with van der Waals surface area (Å²) in [5.41, 5.74) is 6.23. The topological polar surface area (TPSA) is 58.4 Å². The highest BCUT2D eigenvalue weighted by atomic mass is 127. The molecule has 3 N–H and O–H groups in total. The average molecular weight is 333 g/mol. The van der Waals surface area contributed by atoms with Crippen LogP contribution in [-0.4, -0.2) is 37.5 Å². The van der Waals surface area contributed by atoms with Crippen molar-refractivity contribution in [3.63, 3.8) is 0 Å². The Bertz CT molecular complexity index is 357. The molecule has 4 nitrogen and oxygen atoms in total. The minimum atomic E-state index is -0.0158. The number of likely N-dealkylation sites (N-methyl/N-ethyl adjacent to an activating group) is 1. The molecule has 0 aliphatic carbocycles. The van der Waals surface area contributed by atoms with Crippen LogP contribution >= 0.6 is 22.6 Å². The van der Waals surface area contributed by atoms with Crippen LogP contribution in [0.15, 0.2) is 24.3 Å². The van der Waals surface area contributed by atoms with E-state index in [1.165, 1.54) is 0 Å². The molecule has 0 heterocycles. The Hall–Kier alpha value is -0.660. The Kier molecular flexibility index (Phi) is 5.72. The van der Waals surface area contributed by atoms with E-state index in [1.54, 1.807) is 0 Å². The molecule has 0 aliphatic heterocycles. The first-order valence-electron chi connectivity index (χ1n) is 5.06. The van der Waals surface area contributed by atoms with Gasteiger partial charge in [-0.2, -0.15) is 0 Å². The van der Waals surface area contributed by atoms with E-state index in [9.17, 15) is 4.79 Å². The van der Waals surface area contributed by atoms with Crippen molar-refractivity contribution in [3.05, 3.63) is 27.8 Å². The lowest BCUT2D eigenvalue weighted by Gasteiger charge is -2.14. The van der Waals surface area contributed by atoms with Crippen LogP contribution in [0, 0.1) is 3.57 Å². The number of amides is 1. The molecule has 1 rings (SSSR count). The number of nitrogens with two attached hydrogens (primary N) is 1. The molecule has 0 aromatic heterocycles. The quantitative estimate of drug-likeness (QED) is 0.794. The third kappa shape index (κ3) is 4.91. The first kappa shape index (κ1) is 13.4. The van der Waals surface area contributed by atoms with E-state index in [1.807, 2.05) is 36.2 Å². The van der Waals surface area contributed by atoms with E-state index in [-0.39, 0.29) is 5.91 Å². The van der Waals surface area contributed by atoms with Gasteiger partial charge in [0.2, 0.25) is 5.91 Å². The van der Waals surface area contributed by atoms with Gasteiger partial charge in [-0.05, 0) is 47.8 Å².